The number of halogens is 1. The van der Waals surface area contributed by atoms with Gasteiger partial charge in [0.1, 0.15) is 12.4 Å². The Morgan fingerprint density at radius 1 is 1.19 bits per heavy atom. The molecular formula is C15H23ClO4S. The van der Waals surface area contributed by atoms with E-state index in [0.29, 0.717) is 19.0 Å². The van der Waals surface area contributed by atoms with Crippen LogP contribution in [0.5, 0.6) is 5.75 Å². The molecule has 0 saturated heterocycles. The number of rotatable bonds is 9. The van der Waals surface area contributed by atoms with Crippen molar-refractivity contribution >= 4 is 19.7 Å². The van der Waals surface area contributed by atoms with Crippen molar-refractivity contribution in [2.45, 2.75) is 44.4 Å². The zero-order valence-electron chi connectivity index (χ0n) is 12.8. The fourth-order valence-corrected chi connectivity index (χ4v) is 2.61. The summed E-state index contributed by atoms with van der Waals surface area (Å²) in [6.45, 7) is 7.76. The first kappa shape index (κ1) is 18.3. The molecule has 120 valence electrons. The maximum absolute atomic E-state index is 11.4. The van der Waals surface area contributed by atoms with Crippen LogP contribution in [0, 0.1) is 0 Å². The predicted molar refractivity (Wildman–Crippen MR) is 84.8 cm³/mol. The van der Waals surface area contributed by atoms with Crippen LogP contribution in [0.25, 0.3) is 0 Å². The molecule has 0 N–H and O–H groups in total. The Morgan fingerprint density at radius 2 is 1.90 bits per heavy atom. The SMILES string of the molecule is CCCCOCCOc1ccc(S(=O)(=O)Cl)cc1C(C)C. The van der Waals surface area contributed by atoms with Crippen LogP contribution in [0.1, 0.15) is 45.1 Å². The third-order valence-electron chi connectivity index (χ3n) is 3.01. The summed E-state index contributed by atoms with van der Waals surface area (Å²) in [6, 6.07) is 4.68. The monoisotopic (exact) mass is 334 g/mol. The van der Waals surface area contributed by atoms with E-state index >= 15 is 0 Å². The van der Waals surface area contributed by atoms with Crippen molar-refractivity contribution in [1.82, 2.24) is 0 Å². The van der Waals surface area contributed by atoms with Crippen LogP contribution in [0.3, 0.4) is 0 Å². The predicted octanol–water partition coefficient (Wildman–Crippen LogP) is 3.93. The van der Waals surface area contributed by atoms with E-state index in [1.807, 2.05) is 13.8 Å². The van der Waals surface area contributed by atoms with E-state index in [-0.39, 0.29) is 10.8 Å². The highest BCUT2D eigenvalue weighted by Crippen LogP contribution is 2.30. The van der Waals surface area contributed by atoms with E-state index in [2.05, 4.69) is 6.92 Å². The third-order valence-corrected chi connectivity index (χ3v) is 4.36. The van der Waals surface area contributed by atoms with Crippen molar-refractivity contribution in [3.05, 3.63) is 23.8 Å². The second kappa shape index (κ2) is 8.61. The molecule has 21 heavy (non-hydrogen) atoms. The third kappa shape index (κ3) is 6.24. The molecule has 0 atom stereocenters. The van der Waals surface area contributed by atoms with Gasteiger partial charge in [0.2, 0.25) is 0 Å². The standard InChI is InChI=1S/C15H23ClO4S/c1-4-5-8-19-9-10-20-15-7-6-13(21(16,17)18)11-14(15)12(2)3/h6-7,11-12H,4-5,8-10H2,1-3H3. The van der Waals surface area contributed by atoms with E-state index < -0.39 is 9.05 Å². The van der Waals surface area contributed by atoms with E-state index in [9.17, 15) is 8.42 Å². The van der Waals surface area contributed by atoms with Gasteiger partial charge in [-0.1, -0.05) is 27.2 Å². The lowest BCUT2D eigenvalue weighted by Gasteiger charge is -2.15. The van der Waals surface area contributed by atoms with Gasteiger partial charge in [0.25, 0.3) is 9.05 Å². The fraction of sp³-hybridized carbons (Fsp3) is 0.600. The highest BCUT2D eigenvalue weighted by atomic mass is 35.7. The molecule has 0 spiro atoms. The lowest BCUT2D eigenvalue weighted by molar-refractivity contribution is 0.0976. The first-order chi connectivity index (χ1) is 9.86. The Hall–Kier alpha value is -0.780. The van der Waals surface area contributed by atoms with E-state index in [1.165, 1.54) is 6.07 Å². The number of ether oxygens (including phenoxy) is 2. The molecule has 0 radical (unpaired) electrons. The fourth-order valence-electron chi connectivity index (χ4n) is 1.82. The smallest absolute Gasteiger partial charge is 0.261 e. The molecule has 0 amide bonds. The number of hydrogen-bond donors (Lipinski definition) is 0. The zero-order chi connectivity index (χ0) is 15.9. The highest BCUT2D eigenvalue weighted by molar-refractivity contribution is 8.13. The summed E-state index contributed by atoms with van der Waals surface area (Å²) in [4.78, 5) is 0.0967. The molecule has 1 aromatic rings. The summed E-state index contributed by atoms with van der Waals surface area (Å²) in [5, 5.41) is 0. The van der Waals surface area contributed by atoms with E-state index in [0.717, 1.165) is 25.0 Å². The number of benzene rings is 1. The summed E-state index contributed by atoms with van der Waals surface area (Å²) < 4.78 is 33.9. The zero-order valence-corrected chi connectivity index (χ0v) is 14.3. The molecule has 0 aliphatic rings. The van der Waals surface area contributed by atoms with Crippen molar-refractivity contribution in [2.24, 2.45) is 0 Å². The Labute approximate surface area is 131 Å². The molecule has 4 nitrogen and oxygen atoms in total. The molecule has 0 heterocycles. The van der Waals surface area contributed by atoms with Gasteiger partial charge in [-0.15, -0.1) is 0 Å². The van der Waals surface area contributed by atoms with Crippen LogP contribution in [0.4, 0.5) is 0 Å². The van der Waals surface area contributed by atoms with E-state index in [1.54, 1.807) is 12.1 Å². The van der Waals surface area contributed by atoms with Crippen molar-refractivity contribution in [3.8, 4) is 5.75 Å². The van der Waals surface area contributed by atoms with Crippen molar-refractivity contribution < 1.29 is 17.9 Å². The minimum absolute atomic E-state index is 0.0967. The number of unbranched alkanes of at least 4 members (excludes halogenated alkanes) is 1. The van der Waals surface area contributed by atoms with Crippen LogP contribution in [-0.4, -0.2) is 28.2 Å². The van der Waals surface area contributed by atoms with Gasteiger partial charge in [0, 0.05) is 17.3 Å². The van der Waals surface area contributed by atoms with Gasteiger partial charge >= 0.3 is 0 Å². The summed E-state index contributed by atoms with van der Waals surface area (Å²) in [6.07, 6.45) is 2.15. The molecule has 1 aromatic carbocycles. The van der Waals surface area contributed by atoms with Gasteiger partial charge in [-0.2, -0.15) is 0 Å². The molecular weight excluding hydrogens is 312 g/mol. The van der Waals surface area contributed by atoms with Gasteiger partial charge in [0.15, 0.2) is 0 Å². The molecule has 0 saturated carbocycles. The topological polar surface area (TPSA) is 52.6 Å². The minimum Gasteiger partial charge on any atom is -0.491 e. The summed E-state index contributed by atoms with van der Waals surface area (Å²) in [5.74, 6) is 0.813. The largest absolute Gasteiger partial charge is 0.491 e. The second-order valence-electron chi connectivity index (χ2n) is 5.11. The minimum atomic E-state index is -3.72. The van der Waals surface area contributed by atoms with Gasteiger partial charge in [-0.3, -0.25) is 0 Å². The Morgan fingerprint density at radius 3 is 2.48 bits per heavy atom. The molecule has 0 aromatic heterocycles. The molecule has 0 aliphatic carbocycles. The summed E-state index contributed by atoms with van der Waals surface area (Å²) in [7, 11) is 1.66. The normalized spacial score (nSPS) is 11.9. The van der Waals surface area contributed by atoms with E-state index in [4.69, 9.17) is 20.2 Å². The maximum Gasteiger partial charge on any atom is 0.261 e. The molecule has 1 rings (SSSR count). The lowest BCUT2D eigenvalue weighted by atomic mass is 10.0. The average Bonchev–Trinajstić information content (AvgIpc) is 2.41. The molecule has 0 unspecified atom stereocenters. The number of hydrogen-bond acceptors (Lipinski definition) is 4. The van der Waals surface area contributed by atoms with Crippen LogP contribution in [0.15, 0.2) is 23.1 Å². The van der Waals surface area contributed by atoms with Crippen molar-refractivity contribution in [3.63, 3.8) is 0 Å². The second-order valence-corrected chi connectivity index (χ2v) is 7.67. The van der Waals surface area contributed by atoms with Crippen LogP contribution < -0.4 is 4.74 Å². The van der Waals surface area contributed by atoms with Crippen LogP contribution >= 0.6 is 10.7 Å². The van der Waals surface area contributed by atoms with Crippen LogP contribution in [-0.2, 0) is 13.8 Å². The van der Waals surface area contributed by atoms with Crippen molar-refractivity contribution in [1.29, 1.82) is 0 Å². The Balaban J connectivity index is 2.69. The molecule has 6 heteroatoms. The summed E-state index contributed by atoms with van der Waals surface area (Å²) >= 11 is 0. The maximum atomic E-state index is 11.4. The van der Waals surface area contributed by atoms with Crippen LogP contribution in [0.2, 0.25) is 0 Å². The van der Waals surface area contributed by atoms with Crippen molar-refractivity contribution in [2.75, 3.05) is 19.8 Å². The summed E-state index contributed by atoms with van der Waals surface area (Å²) in [5.41, 5.74) is 0.824. The van der Waals surface area contributed by atoms with Gasteiger partial charge < -0.3 is 9.47 Å². The molecule has 0 aliphatic heterocycles. The lowest BCUT2D eigenvalue weighted by Crippen LogP contribution is -2.09. The van der Waals surface area contributed by atoms with Gasteiger partial charge in [-0.25, -0.2) is 8.42 Å². The first-order valence-corrected chi connectivity index (χ1v) is 9.46. The van der Waals surface area contributed by atoms with Gasteiger partial charge in [0.05, 0.1) is 11.5 Å². The Bertz CT molecular complexity index is 541. The average molecular weight is 335 g/mol. The molecule has 0 fully saturated rings. The first-order valence-electron chi connectivity index (χ1n) is 7.15. The highest BCUT2D eigenvalue weighted by Gasteiger charge is 2.15. The van der Waals surface area contributed by atoms with Gasteiger partial charge in [-0.05, 0) is 36.1 Å². The quantitative estimate of drug-likeness (QED) is 0.507. The molecule has 0 bridgehead atoms. The Kier molecular flexibility index (Phi) is 7.49.